The predicted molar refractivity (Wildman–Crippen MR) is 80.6 cm³/mol. The third-order valence-electron chi connectivity index (χ3n) is 4.13. The molecule has 0 aromatic heterocycles. The van der Waals surface area contributed by atoms with Crippen LogP contribution in [0.1, 0.15) is 49.7 Å². The lowest BCUT2D eigenvalue weighted by Crippen LogP contribution is -2.23. The monoisotopic (exact) mass is 268 g/mol. The van der Waals surface area contributed by atoms with Crippen LogP contribution in [0.4, 0.5) is 0 Å². The number of hydrogen-bond donors (Lipinski definition) is 0. The topological polar surface area (TPSA) is 26.3 Å². The number of unbranched alkanes of at least 4 members (excludes halogenated alkanes) is 2. The molecule has 2 aromatic carbocycles. The van der Waals surface area contributed by atoms with E-state index in [1.165, 1.54) is 34.7 Å². The van der Waals surface area contributed by atoms with Crippen molar-refractivity contribution in [2.24, 2.45) is 0 Å². The van der Waals surface area contributed by atoms with Crippen molar-refractivity contribution in [3.05, 3.63) is 47.5 Å². The number of benzene rings is 2. The third-order valence-corrected chi connectivity index (χ3v) is 4.13. The highest BCUT2D eigenvalue weighted by Gasteiger charge is 2.29. The van der Waals surface area contributed by atoms with Crippen molar-refractivity contribution >= 4 is 16.7 Å². The summed E-state index contributed by atoms with van der Waals surface area (Å²) in [5.74, 6) is -0.126. The van der Waals surface area contributed by atoms with Crippen LogP contribution in [0, 0.1) is 0 Å². The minimum absolute atomic E-state index is 0.0520. The van der Waals surface area contributed by atoms with Crippen LogP contribution in [-0.4, -0.2) is 5.97 Å². The molecule has 104 valence electrons. The molecule has 0 fully saturated rings. The molecule has 2 nitrogen and oxygen atoms in total. The Labute approximate surface area is 119 Å². The van der Waals surface area contributed by atoms with E-state index in [1.807, 2.05) is 12.1 Å². The van der Waals surface area contributed by atoms with Gasteiger partial charge in [-0.3, -0.25) is 4.79 Å². The molecule has 0 N–H and O–H groups in total. The lowest BCUT2D eigenvalue weighted by Gasteiger charge is -2.25. The average molecular weight is 268 g/mol. The predicted octanol–water partition coefficient (Wildman–Crippen LogP) is 4.56. The summed E-state index contributed by atoms with van der Waals surface area (Å²) in [6, 6.07) is 12.7. The SMILES string of the molecule is CCCCCC1C(=O)OCc2cc3ccccc3cc21. The summed E-state index contributed by atoms with van der Waals surface area (Å²) in [6.45, 7) is 2.60. The fourth-order valence-electron chi connectivity index (χ4n) is 3.00. The van der Waals surface area contributed by atoms with Gasteiger partial charge in [0.25, 0.3) is 0 Å². The first-order valence-electron chi connectivity index (χ1n) is 7.48. The van der Waals surface area contributed by atoms with E-state index >= 15 is 0 Å². The maximum Gasteiger partial charge on any atom is 0.313 e. The molecule has 20 heavy (non-hydrogen) atoms. The van der Waals surface area contributed by atoms with Crippen molar-refractivity contribution in [3.63, 3.8) is 0 Å². The fraction of sp³-hybridized carbons (Fsp3) is 0.389. The van der Waals surface area contributed by atoms with E-state index in [-0.39, 0.29) is 11.9 Å². The van der Waals surface area contributed by atoms with Crippen LogP contribution in [0.3, 0.4) is 0 Å². The van der Waals surface area contributed by atoms with Crippen LogP contribution in [0.25, 0.3) is 10.8 Å². The van der Waals surface area contributed by atoms with Crippen LogP contribution in [0.15, 0.2) is 36.4 Å². The van der Waals surface area contributed by atoms with Gasteiger partial charge in [0.2, 0.25) is 0 Å². The normalized spacial score (nSPS) is 17.9. The molecule has 0 saturated carbocycles. The minimum atomic E-state index is -0.0742. The zero-order valence-corrected chi connectivity index (χ0v) is 11.9. The Balaban J connectivity index is 1.98. The number of carbonyl (C=O) groups is 1. The summed E-state index contributed by atoms with van der Waals surface area (Å²) in [6.07, 6.45) is 4.33. The molecule has 0 spiro atoms. The van der Waals surface area contributed by atoms with E-state index in [0.29, 0.717) is 6.61 Å². The number of rotatable bonds is 4. The Morgan fingerprint density at radius 2 is 1.90 bits per heavy atom. The number of hydrogen-bond acceptors (Lipinski definition) is 2. The second-order valence-electron chi connectivity index (χ2n) is 5.55. The summed E-state index contributed by atoms with van der Waals surface area (Å²) in [5.41, 5.74) is 2.35. The standard InChI is InChI=1S/C18H20O2/c1-2-3-4-9-16-17-11-14-8-6-5-7-13(14)10-15(17)12-20-18(16)19/h5-8,10-11,16H,2-4,9,12H2,1H3. The van der Waals surface area contributed by atoms with E-state index in [0.717, 1.165) is 12.8 Å². The number of cyclic esters (lactones) is 1. The first-order chi connectivity index (χ1) is 9.79. The van der Waals surface area contributed by atoms with Gasteiger partial charge in [-0.2, -0.15) is 0 Å². The number of fused-ring (bicyclic) bond motifs is 2. The van der Waals surface area contributed by atoms with Crippen molar-refractivity contribution in [3.8, 4) is 0 Å². The molecule has 1 heterocycles. The van der Waals surface area contributed by atoms with Gasteiger partial charge in [0, 0.05) is 0 Å². The second-order valence-corrected chi connectivity index (χ2v) is 5.55. The van der Waals surface area contributed by atoms with Crippen molar-refractivity contribution in [2.75, 3.05) is 0 Å². The first kappa shape index (κ1) is 13.2. The molecule has 0 radical (unpaired) electrons. The molecule has 1 aliphatic heterocycles. The largest absolute Gasteiger partial charge is 0.460 e. The van der Waals surface area contributed by atoms with E-state index in [2.05, 4.69) is 31.2 Å². The van der Waals surface area contributed by atoms with Gasteiger partial charge in [-0.25, -0.2) is 0 Å². The van der Waals surface area contributed by atoms with E-state index < -0.39 is 0 Å². The first-order valence-corrected chi connectivity index (χ1v) is 7.48. The summed E-state index contributed by atoms with van der Waals surface area (Å²) in [5, 5.41) is 2.43. The maximum absolute atomic E-state index is 12.1. The third kappa shape index (κ3) is 2.43. The zero-order valence-electron chi connectivity index (χ0n) is 11.9. The average Bonchev–Trinajstić information content (AvgIpc) is 2.48. The zero-order chi connectivity index (χ0) is 13.9. The van der Waals surface area contributed by atoms with Crippen molar-refractivity contribution in [2.45, 2.75) is 45.1 Å². The maximum atomic E-state index is 12.1. The van der Waals surface area contributed by atoms with Gasteiger partial charge < -0.3 is 4.74 Å². The summed E-state index contributed by atoms with van der Waals surface area (Å²) in [4.78, 5) is 12.1. The number of esters is 1. The Kier molecular flexibility index (Phi) is 3.72. The van der Waals surface area contributed by atoms with Gasteiger partial charge in [0.1, 0.15) is 6.61 Å². The van der Waals surface area contributed by atoms with Gasteiger partial charge >= 0.3 is 5.97 Å². The minimum Gasteiger partial charge on any atom is -0.460 e. The molecule has 1 unspecified atom stereocenters. The molecule has 0 saturated heterocycles. The molecule has 3 rings (SSSR count). The Morgan fingerprint density at radius 3 is 2.65 bits per heavy atom. The molecular formula is C18H20O2. The molecule has 0 amide bonds. The molecule has 0 bridgehead atoms. The van der Waals surface area contributed by atoms with E-state index in [4.69, 9.17) is 4.74 Å². The summed E-state index contributed by atoms with van der Waals surface area (Å²) >= 11 is 0. The molecule has 1 atom stereocenters. The van der Waals surface area contributed by atoms with Crippen LogP contribution in [-0.2, 0) is 16.1 Å². The van der Waals surface area contributed by atoms with Crippen LogP contribution < -0.4 is 0 Å². The summed E-state index contributed by atoms with van der Waals surface area (Å²) in [7, 11) is 0. The lowest BCUT2D eigenvalue weighted by molar-refractivity contribution is -0.148. The van der Waals surface area contributed by atoms with Crippen LogP contribution >= 0.6 is 0 Å². The van der Waals surface area contributed by atoms with E-state index in [9.17, 15) is 4.79 Å². The smallest absolute Gasteiger partial charge is 0.313 e. The second kappa shape index (κ2) is 5.66. The van der Waals surface area contributed by atoms with Gasteiger partial charge in [0.05, 0.1) is 5.92 Å². The molecule has 2 aromatic rings. The molecule has 0 aliphatic carbocycles. The highest BCUT2D eigenvalue weighted by Crippen LogP contribution is 2.34. The Hall–Kier alpha value is -1.83. The summed E-state index contributed by atoms with van der Waals surface area (Å²) < 4.78 is 5.36. The van der Waals surface area contributed by atoms with Crippen LogP contribution in [0.2, 0.25) is 0 Å². The highest BCUT2D eigenvalue weighted by molar-refractivity contribution is 5.88. The highest BCUT2D eigenvalue weighted by atomic mass is 16.5. The quantitative estimate of drug-likeness (QED) is 0.600. The number of carbonyl (C=O) groups excluding carboxylic acids is 1. The number of ether oxygens (including phenoxy) is 1. The van der Waals surface area contributed by atoms with Crippen molar-refractivity contribution in [1.29, 1.82) is 0 Å². The van der Waals surface area contributed by atoms with Crippen molar-refractivity contribution < 1.29 is 9.53 Å². The van der Waals surface area contributed by atoms with Crippen LogP contribution in [0.5, 0.6) is 0 Å². The molecule has 1 aliphatic rings. The van der Waals surface area contributed by atoms with Gasteiger partial charge in [-0.15, -0.1) is 0 Å². The van der Waals surface area contributed by atoms with Gasteiger partial charge in [-0.1, -0.05) is 50.5 Å². The fourth-order valence-corrected chi connectivity index (χ4v) is 3.00. The Morgan fingerprint density at radius 1 is 1.15 bits per heavy atom. The van der Waals surface area contributed by atoms with Gasteiger partial charge in [0.15, 0.2) is 0 Å². The van der Waals surface area contributed by atoms with Crippen molar-refractivity contribution in [1.82, 2.24) is 0 Å². The van der Waals surface area contributed by atoms with Gasteiger partial charge in [-0.05, 0) is 40.5 Å². The molecule has 2 heteroatoms. The lowest BCUT2D eigenvalue weighted by atomic mass is 9.86. The Bertz CT molecular complexity index is 630. The molecular weight excluding hydrogens is 248 g/mol. The van der Waals surface area contributed by atoms with E-state index in [1.54, 1.807) is 0 Å².